The number of amides is 1. The average Bonchev–Trinajstić information content (AvgIpc) is 3.54. The molecular weight excluding hydrogens is 456 g/mol. The minimum Gasteiger partial charge on any atom is -0.345 e. The van der Waals surface area contributed by atoms with Crippen molar-refractivity contribution in [1.29, 1.82) is 0 Å². The lowest BCUT2D eigenvalue weighted by Crippen LogP contribution is -2.48. The molecule has 1 aromatic heterocycles. The minimum absolute atomic E-state index is 0.0580. The summed E-state index contributed by atoms with van der Waals surface area (Å²) >= 11 is 1.70. The van der Waals surface area contributed by atoms with E-state index in [0.717, 1.165) is 43.0 Å². The van der Waals surface area contributed by atoms with Crippen molar-refractivity contribution in [2.45, 2.75) is 31.1 Å². The first-order valence-corrected chi connectivity index (χ1v) is 13.8. The minimum atomic E-state index is -3.46. The molecule has 174 valence electrons. The number of hydrogen-bond donors (Lipinski definition) is 0. The van der Waals surface area contributed by atoms with Crippen LogP contribution in [0, 0.1) is 0 Å². The highest BCUT2D eigenvalue weighted by atomic mass is 32.2. The Kier molecular flexibility index (Phi) is 6.11. The second-order valence-corrected chi connectivity index (χ2v) is 11.5. The molecule has 0 aliphatic carbocycles. The first-order chi connectivity index (χ1) is 16.0. The maximum atomic E-state index is 13.0. The van der Waals surface area contributed by atoms with Crippen LogP contribution >= 0.6 is 11.3 Å². The molecule has 3 aromatic rings. The summed E-state index contributed by atoms with van der Waals surface area (Å²) in [5.74, 6) is -0.0580. The van der Waals surface area contributed by atoms with Gasteiger partial charge in [-0.2, -0.15) is 4.31 Å². The van der Waals surface area contributed by atoms with Gasteiger partial charge in [0.15, 0.2) is 5.13 Å². The fourth-order valence-electron chi connectivity index (χ4n) is 4.54. The fraction of sp³-hybridized carbons (Fsp3) is 0.417. The van der Waals surface area contributed by atoms with E-state index < -0.39 is 10.0 Å². The number of sulfonamides is 1. The van der Waals surface area contributed by atoms with E-state index in [1.807, 2.05) is 4.90 Å². The summed E-state index contributed by atoms with van der Waals surface area (Å²) in [5.41, 5.74) is 2.87. The number of benzene rings is 2. The molecule has 7 nitrogen and oxygen atoms in total. The molecule has 2 fully saturated rings. The van der Waals surface area contributed by atoms with Gasteiger partial charge in [0, 0.05) is 44.8 Å². The number of fused-ring (bicyclic) bond motifs is 1. The van der Waals surface area contributed by atoms with Gasteiger partial charge >= 0.3 is 0 Å². The summed E-state index contributed by atoms with van der Waals surface area (Å²) in [6.07, 6.45) is 2.76. The molecule has 0 N–H and O–H groups in total. The number of carbonyl (C=O) groups excluding carboxylic acids is 1. The van der Waals surface area contributed by atoms with Gasteiger partial charge in [-0.05, 0) is 55.2 Å². The molecule has 0 bridgehead atoms. The van der Waals surface area contributed by atoms with E-state index in [0.29, 0.717) is 31.7 Å². The first kappa shape index (κ1) is 22.3. The van der Waals surface area contributed by atoms with Crippen LogP contribution in [0.2, 0.25) is 0 Å². The smallest absolute Gasteiger partial charge is 0.253 e. The molecule has 2 aliphatic rings. The van der Waals surface area contributed by atoms with Crippen LogP contribution in [0.3, 0.4) is 0 Å². The highest BCUT2D eigenvalue weighted by molar-refractivity contribution is 7.89. The van der Waals surface area contributed by atoms with Crippen molar-refractivity contribution in [3.63, 3.8) is 0 Å². The van der Waals surface area contributed by atoms with Crippen LogP contribution < -0.4 is 4.90 Å². The zero-order chi connectivity index (χ0) is 23.0. The van der Waals surface area contributed by atoms with E-state index in [1.165, 1.54) is 14.6 Å². The van der Waals surface area contributed by atoms with E-state index in [2.05, 4.69) is 30.0 Å². The molecule has 0 unspecified atom stereocenters. The average molecular weight is 485 g/mol. The van der Waals surface area contributed by atoms with Gasteiger partial charge in [-0.3, -0.25) is 4.79 Å². The molecule has 1 amide bonds. The molecule has 2 aromatic carbocycles. The van der Waals surface area contributed by atoms with E-state index in [1.54, 1.807) is 35.6 Å². The third kappa shape index (κ3) is 4.25. The van der Waals surface area contributed by atoms with Crippen molar-refractivity contribution in [2.24, 2.45) is 0 Å². The summed E-state index contributed by atoms with van der Waals surface area (Å²) in [6, 6.07) is 12.7. The van der Waals surface area contributed by atoms with Gasteiger partial charge in [0.1, 0.15) is 0 Å². The summed E-state index contributed by atoms with van der Waals surface area (Å²) < 4.78 is 28.1. The molecule has 0 saturated carbocycles. The maximum Gasteiger partial charge on any atom is 0.253 e. The number of carbonyl (C=O) groups is 1. The van der Waals surface area contributed by atoms with Crippen LogP contribution in [0.25, 0.3) is 10.2 Å². The Labute approximate surface area is 198 Å². The standard InChI is InChI=1S/C24H28N4O3S2/c1-2-18-6-5-7-21-22(18)25-24(32-21)27-16-14-26(15-17-27)23(29)19-8-10-20(11-9-19)33(30,31)28-12-3-4-13-28/h5-11H,2-4,12-17H2,1H3. The number of nitrogens with zero attached hydrogens (tertiary/aromatic N) is 4. The second-order valence-electron chi connectivity index (χ2n) is 8.53. The highest BCUT2D eigenvalue weighted by Crippen LogP contribution is 2.31. The Bertz CT molecular complexity index is 1260. The molecule has 33 heavy (non-hydrogen) atoms. The Morgan fingerprint density at radius 3 is 2.33 bits per heavy atom. The van der Waals surface area contributed by atoms with Gasteiger partial charge in [0.05, 0.1) is 15.1 Å². The molecule has 0 spiro atoms. The Hall–Kier alpha value is -2.49. The quantitative estimate of drug-likeness (QED) is 0.553. The Morgan fingerprint density at radius 2 is 1.67 bits per heavy atom. The third-order valence-electron chi connectivity index (χ3n) is 6.51. The molecule has 0 atom stereocenters. The summed E-state index contributed by atoms with van der Waals surface area (Å²) in [5, 5.41) is 1.01. The predicted octanol–water partition coefficient (Wildman–Crippen LogP) is 3.61. The van der Waals surface area contributed by atoms with Gasteiger partial charge in [0.25, 0.3) is 5.91 Å². The number of piperazine rings is 1. The van der Waals surface area contributed by atoms with E-state index in [-0.39, 0.29) is 10.8 Å². The Balaban J connectivity index is 1.24. The predicted molar refractivity (Wildman–Crippen MR) is 132 cm³/mol. The van der Waals surface area contributed by atoms with Gasteiger partial charge in [-0.15, -0.1) is 0 Å². The maximum absolute atomic E-state index is 13.0. The van der Waals surface area contributed by atoms with E-state index >= 15 is 0 Å². The number of aryl methyl sites for hydroxylation is 1. The summed E-state index contributed by atoms with van der Waals surface area (Å²) in [4.78, 5) is 22.2. The van der Waals surface area contributed by atoms with Crippen LogP contribution in [0.4, 0.5) is 5.13 Å². The van der Waals surface area contributed by atoms with E-state index in [4.69, 9.17) is 4.98 Å². The molecule has 3 heterocycles. The molecule has 9 heteroatoms. The van der Waals surface area contributed by atoms with Crippen LogP contribution in [-0.2, 0) is 16.4 Å². The third-order valence-corrected chi connectivity index (χ3v) is 9.51. The molecule has 2 saturated heterocycles. The highest BCUT2D eigenvalue weighted by Gasteiger charge is 2.28. The monoisotopic (exact) mass is 484 g/mol. The van der Waals surface area contributed by atoms with Gasteiger partial charge in [0.2, 0.25) is 10.0 Å². The number of anilines is 1. The van der Waals surface area contributed by atoms with Gasteiger partial charge in [-0.25, -0.2) is 13.4 Å². The number of thiazole rings is 1. The molecule has 5 rings (SSSR count). The van der Waals surface area contributed by atoms with E-state index in [9.17, 15) is 13.2 Å². The zero-order valence-electron chi connectivity index (χ0n) is 18.7. The lowest BCUT2D eigenvalue weighted by atomic mass is 10.1. The molecule has 0 radical (unpaired) electrons. The van der Waals surface area contributed by atoms with Crippen molar-refractivity contribution >= 4 is 42.6 Å². The van der Waals surface area contributed by atoms with Crippen LogP contribution in [0.1, 0.15) is 35.7 Å². The van der Waals surface area contributed by atoms with Crippen LogP contribution in [-0.4, -0.2) is 67.8 Å². The van der Waals surface area contributed by atoms with Crippen molar-refractivity contribution in [3.05, 3.63) is 53.6 Å². The largest absolute Gasteiger partial charge is 0.345 e. The van der Waals surface area contributed by atoms with Gasteiger partial charge in [-0.1, -0.05) is 30.4 Å². The summed E-state index contributed by atoms with van der Waals surface area (Å²) in [7, 11) is -3.46. The second kappa shape index (κ2) is 9.04. The zero-order valence-corrected chi connectivity index (χ0v) is 20.4. The molecular formula is C24H28N4O3S2. The topological polar surface area (TPSA) is 73.8 Å². The van der Waals surface area contributed by atoms with Crippen molar-refractivity contribution in [3.8, 4) is 0 Å². The van der Waals surface area contributed by atoms with Crippen molar-refractivity contribution < 1.29 is 13.2 Å². The van der Waals surface area contributed by atoms with Crippen LogP contribution in [0.15, 0.2) is 47.4 Å². The Morgan fingerprint density at radius 1 is 0.970 bits per heavy atom. The normalized spacial score (nSPS) is 17.7. The van der Waals surface area contributed by atoms with Crippen molar-refractivity contribution in [1.82, 2.24) is 14.2 Å². The molecule has 2 aliphatic heterocycles. The van der Waals surface area contributed by atoms with Gasteiger partial charge < -0.3 is 9.80 Å². The number of para-hydroxylation sites is 1. The number of aromatic nitrogens is 1. The lowest BCUT2D eigenvalue weighted by Gasteiger charge is -2.34. The van der Waals surface area contributed by atoms with Crippen molar-refractivity contribution in [2.75, 3.05) is 44.2 Å². The lowest BCUT2D eigenvalue weighted by molar-refractivity contribution is 0.0746. The fourth-order valence-corrected chi connectivity index (χ4v) is 7.13. The number of rotatable bonds is 5. The number of hydrogen-bond acceptors (Lipinski definition) is 6. The van der Waals surface area contributed by atoms with Crippen LogP contribution in [0.5, 0.6) is 0 Å². The SMILES string of the molecule is CCc1cccc2sc(N3CCN(C(=O)c4ccc(S(=O)(=O)N5CCCC5)cc4)CC3)nc12. The first-order valence-electron chi connectivity index (χ1n) is 11.5. The summed E-state index contributed by atoms with van der Waals surface area (Å²) in [6.45, 7) is 5.98.